The molecule has 1 aliphatic rings. The van der Waals surface area contributed by atoms with Crippen LogP contribution in [0, 0.1) is 0 Å². The first-order chi connectivity index (χ1) is 20.2. The molecule has 220 valence electrons. The Morgan fingerprint density at radius 2 is 1.71 bits per heavy atom. The van der Waals surface area contributed by atoms with Gasteiger partial charge >= 0.3 is 5.97 Å². The van der Waals surface area contributed by atoms with Crippen LogP contribution in [0.5, 0.6) is 17.2 Å². The van der Waals surface area contributed by atoms with Crippen molar-refractivity contribution in [2.24, 2.45) is 0 Å². The van der Waals surface area contributed by atoms with Crippen molar-refractivity contribution in [1.29, 1.82) is 0 Å². The molecule has 0 saturated carbocycles. The lowest BCUT2D eigenvalue weighted by molar-refractivity contribution is -0.277. The summed E-state index contributed by atoms with van der Waals surface area (Å²) in [4.78, 5) is 25.7. The number of carbonyl (C=O) groups is 2. The van der Waals surface area contributed by atoms with E-state index in [4.69, 9.17) is 23.4 Å². The van der Waals surface area contributed by atoms with Gasteiger partial charge in [0.15, 0.2) is 5.78 Å². The van der Waals surface area contributed by atoms with Crippen molar-refractivity contribution in [2.45, 2.75) is 43.5 Å². The quantitative estimate of drug-likeness (QED) is 0.161. The molecule has 11 heteroatoms. The van der Waals surface area contributed by atoms with E-state index in [0.29, 0.717) is 12.2 Å². The van der Waals surface area contributed by atoms with Crippen molar-refractivity contribution in [3.8, 4) is 17.2 Å². The highest BCUT2D eigenvalue weighted by Crippen LogP contribution is 2.33. The third kappa shape index (κ3) is 6.24. The molecule has 11 nitrogen and oxygen atoms in total. The van der Waals surface area contributed by atoms with Gasteiger partial charge in [-0.2, -0.15) is 0 Å². The van der Waals surface area contributed by atoms with Gasteiger partial charge in [0.2, 0.25) is 6.29 Å². The average Bonchev–Trinajstić information content (AvgIpc) is 3.47. The molecular formula is C31H30O11. The summed E-state index contributed by atoms with van der Waals surface area (Å²) in [6.07, 6.45) is -5.89. The monoisotopic (exact) mass is 578 g/mol. The predicted octanol–water partition coefficient (Wildman–Crippen LogP) is 3.01. The maximum absolute atomic E-state index is 13.2. The number of phenolic OH excluding ortho intramolecular Hbond substituents is 1. The first kappa shape index (κ1) is 29.1. The molecule has 0 spiro atoms. The SMILES string of the molecule is COc1ccc(C(=O)OC[C@H]2O[C@@H](Oc3cccc(O)c3C(=O)CCc3ccc4occc4c3)[C@H](O)[C@@H](O)[C@@H]2O)cc1. The highest BCUT2D eigenvalue weighted by molar-refractivity contribution is 6.01. The average molecular weight is 579 g/mol. The van der Waals surface area contributed by atoms with Crippen molar-refractivity contribution in [3.05, 3.63) is 89.7 Å². The lowest BCUT2D eigenvalue weighted by Crippen LogP contribution is -2.60. The number of Topliss-reactive ketones (excluding diaryl/α,β-unsaturated/α-hetero) is 1. The Hall–Kier alpha value is -4.42. The summed E-state index contributed by atoms with van der Waals surface area (Å²) in [5.41, 5.74) is 1.72. The van der Waals surface area contributed by atoms with Crippen molar-refractivity contribution < 1.29 is 53.4 Å². The summed E-state index contributed by atoms with van der Waals surface area (Å²) < 4.78 is 27.1. The first-order valence-corrected chi connectivity index (χ1v) is 13.2. The van der Waals surface area contributed by atoms with Crippen LogP contribution < -0.4 is 9.47 Å². The number of hydrogen-bond donors (Lipinski definition) is 4. The summed E-state index contributed by atoms with van der Waals surface area (Å²) >= 11 is 0. The number of benzene rings is 3. The molecule has 1 aliphatic heterocycles. The fourth-order valence-corrected chi connectivity index (χ4v) is 4.70. The molecule has 5 atom stereocenters. The number of methoxy groups -OCH3 is 1. The fraction of sp³-hybridized carbons (Fsp3) is 0.290. The van der Waals surface area contributed by atoms with Crippen molar-refractivity contribution in [1.82, 2.24) is 0 Å². The predicted molar refractivity (Wildman–Crippen MR) is 148 cm³/mol. The molecule has 0 bridgehead atoms. The molecule has 1 aromatic heterocycles. The molecule has 0 radical (unpaired) electrons. The zero-order chi connectivity index (χ0) is 29.8. The van der Waals surface area contributed by atoms with Gasteiger partial charge in [-0.05, 0) is 66.6 Å². The van der Waals surface area contributed by atoms with E-state index >= 15 is 0 Å². The van der Waals surface area contributed by atoms with Crippen LogP contribution in [-0.4, -0.2) is 76.6 Å². The summed E-state index contributed by atoms with van der Waals surface area (Å²) in [6, 6.07) is 17.8. The molecule has 4 aromatic rings. The Morgan fingerprint density at radius 3 is 2.48 bits per heavy atom. The van der Waals surface area contributed by atoms with Crippen LogP contribution in [0.3, 0.4) is 0 Å². The summed E-state index contributed by atoms with van der Waals surface area (Å²) in [5, 5.41) is 42.9. The number of rotatable bonds is 10. The zero-order valence-electron chi connectivity index (χ0n) is 22.6. The van der Waals surface area contributed by atoms with Gasteiger partial charge in [-0.25, -0.2) is 4.79 Å². The topological polar surface area (TPSA) is 165 Å². The number of aliphatic hydroxyl groups excluding tert-OH is 3. The molecule has 0 amide bonds. The second-order valence-electron chi connectivity index (χ2n) is 9.83. The minimum Gasteiger partial charge on any atom is -0.507 e. The molecular weight excluding hydrogens is 548 g/mol. The van der Waals surface area contributed by atoms with Gasteiger partial charge in [0.25, 0.3) is 0 Å². The van der Waals surface area contributed by atoms with Gasteiger partial charge in [-0.15, -0.1) is 0 Å². The van der Waals surface area contributed by atoms with Crippen LogP contribution in [0.2, 0.25) is 0 Å². The molecule has 42 heavy (non-hydrogen) atoms. The smallest absolute Gasteiger partial charge is 0.338 e. The zero-order valence-corrected chi connectivity index (χ0v) is 22.6. The van der Waals surface area contributed by atoms with E-state index in [1.165, 1.54) is 37.4 Å². The van der Waals surface area contributed by atoms with Crippen LogP contribution in [0.25, 0.3) is 11.0 Å². The van der Waals surface area contributed by atoms with E-state index < -0.39 is 49.1 Å². The Bertz CT molecular complexity index is 1540. The minimum atomic E-state index is -1.72. The van der Waals surface area contributed by atoms with Crippen molar-refractivity contribution in [2.75, 3.05) is 13.7 Å². The Morgan fingerprint density at radius 1 is 0.929 bits per heavy atom. The van der Waals surface area contributed by atoms with E-state index in [1.807, 2.05) is 24.3 Å². The van der Waals surface area contributed by atoms with E-state index in [9.17, 15) is 30.0 Å². The Kier molecular flexibility index (Phi) is 8.74. The van der Waals surface area contributed by atoms with Crippen LogP contribution >= 0.6 is 0 Å². The van der Waals surface area contributed by atoms with Crippen LogP contribution in [0.1, 0.15) is 32.7 Å². The molecule has 5 rings (SSSR count). The number of aromatic hydroxyl groups is 1. The molecule has 1 saturated heterocycles. The molecule has 0 unspecified atom stereocenters. The van der Waals surface area contributed by atoms with Gasteiger partial charge in [0.1, 0.15) is 59.4 Å². The number of hydrogen-bond acceptors (Lipinski definition) is 11. The normalized spacial score (nSPS) is 22.0. The lowest BCUT2D eigenvalue weighted by Gasteiger charge is -2.40. The third-order valence-corrected chi connectivity index (χ3v) is 7.06. The summed E-state index contributed by atoms with van der Waals surface area (Å²) in [7, 11) is 1.49. The number of furan rings is 1. The third-order valence-electron chi connectivity index (χ3n) is 7.06. The van der Waals surface area contributed by atoms with Crippen molar-refractivity contribution in [3.63, 3.8) is 0 Å². The van der Waals surface area contributed by atoms with E-state index in [1.54, 1.807) is 18.4 Å². The number of fused-ring (bicyclic) bond motifs is 1. The first-order valence-electron chi connectivity index (χ1n) is 13.2. The Balaban J connectivity index is 1.26. The number of phenols is 1. The van der Waals surface area contributed by atoms with E-state index in [2.05, 4.69) is 0 Å². The van der Waals surface area contributed by atoms with E-state index in [0.717, 1.165) is 16.5 Å². The maximum atomic E-state index is 13.2. The van der Waals surface area contributed by atoms with Gasteiger partial charge < -0.3 is 43.8 Å². The summed E-state index contributed by atoms with van der Waals surface area (Å²) in [5.74, 6) is -1.01. The molecule has 1 fully saturated rings. The van der Waals surface area contributed by atoms with Crippen LogP contribution in [0.15, 0.2) is 77.4 Å². The van der Waals surface area contributed by atoms with Crippen molar-refractivity contribution >= 4 is 22.7 Å². The molecule has 3 aromatic carbocycles. The second kappa shape index (κ2) is 12.6. The fourth-order valence-electron chi connectivity index (χ4n) is 4.70. The standard InChI is InChI=1S/C31H30O11/c1-38-20-9-7-18(8-10-20)30(37)40-16-25-27(34)28(35)29(36)31(42-25)41-24-4-2-3-21(32)26(24)22(33)11-5-17-6-12-23-19(15-17)13-14-39-23/h2-4,6-10,12-15,25,27-29,31-32,34-36H,5,11,16H2,1H3/t25-,27-,28+,29-,31-/m1/s1. The number of aliphatic hydroxyl groups is 3. The highest BCUT2D eigenvalue weighted by Gasteiger charge is 2.46. The second-order valence-corrected chi connectivity index (χ2v) is 9.83. The molecule has 0 aliphatic carbocycles. The minimum absolute atomic E-state index is 0.0383. The number of esters is 1. The van der Waals surface area contributed by atoms with Gasteiger partial charge in [-0.3, -0.25) is 4.79 Å². The van der Waals surface area contributed by atoms with Gasteiger partial charge in [0.05, 0.1) is 18.9 Å². The van der Waals surface area contributed by atoms with Crippen LogP contribution in [-0.2, 0) is 15.9 Å². The largest absolute Gasteiger partial charge is 0.507 e. The number of aryl methyl sites for hydroxylation is 1. The van der Waals surface area contributed by atoms with E-state index in [-0.39, 0.29) is 29.0 Å². The highest BCUT2D eigenvalue weighted by atomic mass is 16.7. The number of carbonyl (C=O) groups excluding carboxylic acids is 2. The summed E-state index contributed by atoms with van der Waals surface area (Å²) in [6.45, 7) is -0.470. The Labute approximate surface area is 240 Å². The van der Waals surface area contributed by atoms with Crippen LogP contribution in [0.4, 0.5) is 0 Å². The number of ketones is 1. The maximum Gasteiger partial charge on any atom is 0.338 e. The van der Waals surface area contributed by atoms with Gasteiger partial charge in [-0.1, -0.05) is 12.1 Å². The lowest BCUT2D eigenvalue weighted by atomic mass is 9.98. The van der Waals surface area contributed by atoms with Gasteiger partial charge in [0, 0.05) is 11.8 Å². The number of ether oxygens (including phenoxy) is 4. The molecule has 4 N–H and O–H groups in total. The molecule has 2 heterocycles.